The van der Waals surface area contributed by atoms with E-state index in [1.54, 1.807) is 28.4 Å². The highest BCUT2D eigenvalue weighted by molar-refractivity contribution is 7.91. The number of sulfone groups is 1. The summed E-state index contributed by atoms with van der Waals surface area (Å²) in [5.41, 5.74) is 1.40. The zero-order valence-electron chi connectivity index (χ0n) is 16.3. The minimum absolute atomic E-state index is 0.0255. The van der Waals surface area contributed by atoms with Gasteiger partial charge in [-0.3, -0.25) is 4.79 Å². The van der Waals surface area contributed by atoms with E-state index in [4.69, 9.17) is 27.9 Å². The lowest BCUT2D eigenvalue weighted by molar-refractivity contribution is 0.0683. The van der Waals surface area contributed by atoms with E-state index >= 15 is 0 Å². The predicted octanol–water partition coefficient (Wildman–Crippen LogP) is 4.98. The van der Waals surface area contributed by atoms with Crippen LogP contribution in [-0.2, 0) is 16.4 Å². The van der Waals surface area contributed by atoms with Gasteiger partial charge in [-0.25, -0.2) is 8.42 Å². The maximum atomic E-state index is 13.4. The molecule has 2 heterocycles. The molecule has 29 heavy (non-hydrogen) atoms. The SMILES string of the molecule is CCCOc1c(Cl)cc(C(=O)N(Cc2sccc2C)[C@@H]2CCS(=O)(=O)C2)cc1Cl. The summed E-state index contributed by atoms with van der Waals surface area (Å²) >= 11 is 14.2. The quantitative estimate of drug-likeness (QED) is 0.566. The summed E-state index contributed by atoms with van der Waals surface area (Å²) in [7, 11) is -3.14. The van der Waals surface area contributed by atoms with Crippen molar-refractivity contribution in [3.63, 3.8) is 0 Å². The molecular weight excluding hydrogens is 453 g/mol. The van der Waals surface area contributed by atoms with Gasteiger partial charge in [-0.2, -0.15) is 0 Å². The molecule has 5 nitrogen and oxygen atoms in total. The van der Waals surface area contributed by atoms with Gasteiger partial charge in [0.2, 0.25) is 0 Å². The molecule has 1 aromatic heterocycles. The number of carbonyl (C=O) groups excluding carboxylic acids is 1. The van der Waals surface area contributed by atoms with E-state index < -0.39 is 9.84 Å². The molecule has 1 aliphatic rings. The van der Waals surface area contributed by atoms with Crippen molar-refractivity contribution in [3.05, 3.63) is 49.6 Å². The highest BCUT2D eigenvalue weighted by atomic mass is 35.5. The van der Waals surface area contributed by atoms with E-state index in [1.165, 1.54) is 0 Å². The molecule has 0 N–H and O–H groups in total. The standard InChI is InChI=1S/C20H23Cl2NO4S2/c1-3-6-27-19-16(21)9-14(10-17(19)22)20(24)23(11-18-13(2)4-7-28-18)15-5-8-29(25,26)12-15/h4,7,9-10,15H,3,5-6,8,11-12H2,1-2H3/t15-/m1/s1. The normalized spacial score (nSPS) is 18.0. The molecule has 0 saturated carbocycles. The Morgan fingerprint density at radius 1 is 1.31 bits per heavy atom. The Hall–Kier alpha value is -1.28. The van der Waals surface area contributed by atoms with Crippen LogP contribution in [0.5, 0.6) is 5.75 Å². The number of benzene rings is 1. The fraction of sp³-hybridized carbons (Fsp3) is 0.450. The molecule has 0 bridgehead atoms. The molecule has 158 valence electrons. The number of amides is 1. The van der Waals surface area contributed by atoms with Gasteiger partial charge in [-0.1, -0.05) is 30.1 Å². The Kier molecular flexibility index (Phi) is 7.14. The average molecular weight is 476 g/mol. The van der Waals surface area contributed by atoms with Gasteiger partial charge in [0.15, 0.2) is 15.6 Å². The number of hydrogen-bond donors (Lipinski definition) is 0. The Bertz CT molecular complexity index is 981. The fourth-order valence-electron chi connectivity index (χ4n) is 3.30. The highest BCUT2D eigenvalue weighted by Crippen LogP contribution is 2.35. The minimum atomic E-state index is -3.14. The van der Waals surface area contributed by atoms with Gasteiger partial charge >= 0.3 is 0 Å². The molecule has 2 aromatic rings. The van der Waals surface area contributed by atoms with Crippen LogP contribution in [0, 0.1) is 6.92 Å². The zero-order chi connectivity index (χ0) is 21.2. The fourth-order valence-corrected chi connectivity index (χ4v) is 6.53. The number of ether oxygens (including phenoxy) is 1. The van der Waals surface area contributed by atoms with Crippen molar-refractivity contribution in [3.8, 4) is 5.75 Å². The van der Waals surface area contributed by atoms with Gasteiger partial charge in [0.25, 0.3) is 5.91 Å². The Morgan fingerprint density at radius 3 is 2.52 bits per heavy atom. The summed E-state index contributed by atoms with van der Waals surface area (Å²) in [5.74, 6) is 0.139. The van der Waals surface area contributed by atoms with Crippen LogP contribution in [0.3, 0.4) is 0 Å². The van der Waals surface area contributed by atoms with Crippen LogP contribution in [0.2, 0.25) is 10.0 Å². The molecule has 1 amide bonds. The predicted molar refractivity (Wildman–Crippen MR) is 118 cm³/mol. The van der Waals surface area contributed by atoms with Crippen LogP contribution < -0.4 is 4.74 Å². The summed E-state index contributed by atoms with van der Waals surface area (Å²) < 4.78 is 29.6. The number of carbonyl (C=O) groups is 1. The maximum absolute atomic E-state index is 13.4. The van der Waals surface area contributed by atoms with E-state index in [9.17, 15) is 13.2 Å². The van der Waals surface area contributed by atoms with Crippen molar-refractivity contribution >= 4 is 50.3 Å². The lowest BCUT2D eigenvalue weighted by Crippen LogP contribution is -2.40. The van der Waals surface area contributed by atoms with Crippen molar-refractivity contribution in [1.29, 1.82) is 0 Å². The molecule has 3 rings (SSSR count). The van der Waals surface area contributed by atoms with Crippen LogP contribution in [0.1, 0.15) is 40.6 Å². The maximum Gasteiger partial charge on any atom is 0.254 e. The second-order valence-corrected chi connectivity index (χ2v) is 11.2. The first kappa shape index (κ1) is 22.4. The minimum Gasteiger partial charge on any atom is -0.490 e. The molecule has 0 unspecified atom stereocenters. The van der Waals surface area contributed by atoms with Gasteiger partial charge in [0, 0.05) is 16.5 Å². The van der Waals surface area contributed by atoms with Gasteiger partial charge in [0.05, 0.1) is 34.7 Å². The molecule has 1 fully saturated rings. The second kappa shape index (κ2) is 9.25. The molecule has 1 atom stereocenters. The molecule has 0 aliphatic carbocycles. The van der Waals surface area contributed by atoms with Crippen molar-refractivity contribution in [1.82, 2.24) is 4.90 Å². The highest BCUT2D eigenvalue weighted by Gasteiger charge is 2.35. The average Bonchev–Trinajstić information content (AvgIpc) is 3.23. The van der Waals surface area contributed by atoms with Crippen LogP contribution in [0.25, 0.3) is 0 Å². The van der Waals surface area contributed by atoms with Gasteiger partial charge < -0.3 is 9.64 Å². The first-order chi connectivity index (χ1) is 13.7. The number of rotatable bonds is 7. The number of nitrogens with zero attached hydrogens (tertiary/aromatic N) is 1. The Labute approximate surface area is 185 Å². The molecule has 1 aliphatic heterocycles. The first-order valence-electron chi connectivity index (χ1n) is 9.38. The number of aryl methyl sites for hydroxylation is 1. The van der Waals surface area contributed by atoms with Crippen LogP contribution in [0.15, 0.2) is 23.6 Å². The van der Waals surface area contributed by atoms with Crippen molar-refractivity contribution in [2.24, 2.45) is 0 Å². The van der Waals surface area contributed by atoms with Crippen molar-refractivity contribution in [2.45, 2.75) is 39.3 Å². The monoisotopic (exact) mass is 475 g/mol. The molecule has 0 spiro atoms. The third kappa shape index (κ3) is 5.26. The molecule has 1 aromatic carbocycles. The lowest BCUT2D eigenvalue weighted by Gasteiger charge is -2.28. The third-order valence-electron chi connectivity index (χ3n) is 4.89. The van der Waals surface area contributed by atoms with Gasteiger partial charge in [0.1, 0.15) is 0 Å². The largest absolute Gasteiger partial charge is 0.490 e. The first-order valence-corrected chi connectivity index (χ1v) is 12.8. The Balaban J connectivity index is 1.93. The summed E-state index contributed by atoms with van der Waals surface area (Å²) in [6.07, 6.45) is 1.23. The smallest absolute Gasteiger partial charge is 0.254 e. The van der Waals surface area contributed by atoms with E-state index in [-0.39, 0.29) is 33.5 Å². The van der Waals surface area contributed by atoms with E-state index in [0.29, 0.717) is 30.9 Å². The molecule has 0 radical (unpaired) electrons. The summed E-state index contributed by atoms with van der Waals surface area (Å²) in [5, 5.41) is 2.49. The molecule has 9 heteroatoms. The molecular formula is C20H23Cl2NO4S2. The van der Waals surface area contributed by atoms with E-state index in [2.05, 4.69) is 0 Å². The molecule has 1 saturated heterocycles. The number of thiophene rings is 1. The van der Waals surface area contributed by atoms with E-state index in [0.717, 1.165) is 16.9 Å². The topological polar surface area (TPSA) is 63.7 Å². The second-order valence-electron chi connectivity index (χ2n) is 7.13. The van der Waals surface area contributed by atoms with Gasteiger partial charge in [-0.15, -0.1) is 11.3 Å². The van der Waals surface area contributed by atoms with E-state index in [1.807, 2.05) is 25.3 Å². The van der Waals surface area contributed by atoms with Gasteiger partial charge in [-0.05, 0) is 48.9 Å². The lowest BCUT2D eigenvalue weighted by atomic mass is 10.1. The number of hydrogen-bond acceptors (Lipinski definition) is 5. The van der Waals surface area contributed by atoms with Crippen LogP contribution in [0.4, 0.5) is 0 Å². The third-order valence-corrected chi connectivity index (χ3v) is 8.21. The van der Waals surface area contributed by atoms with Crippen LogP contribution in [-0.4, -0.2) is 43.4 Å². The zero-order valence-corrected chi connectivity index (χ0v) is 19.4. The number of halogens is 2. The summed E-state index contributed by atoms with van der Waals surface area (Å²) in [6, 6.07) is 4.70. The summed E-state index contributed by atoms with van der Waals surface area (Å²) in [6.45, 7) is 4.77. The summed E-state index contributed by atoms with van der Waals surface area (Å²) in [4.78, 5) is 16.1. The van der Waals surface area contributed by atoms with Crippen molar-refractivity contribution < 1.29 is 17.9 Å². The van der Waals surface area contributed by atoms with Crippen LogP contribution >= 0.6 is 34.5 Å². The Morgan fingerprint density at radius 2 is 2.00 bits per heavy atom. The van der Waals surface area contributed by atoms with Crippen molar-refractivity contribution in [2.75, 3.05) is 18.1 Å².